The average molecular weight is 338 g/mol. The Morgan fingerprint density at radius 2 is 1.33 bits per heavy atom. The molecule has 24 heavy (non-hydrogen) atoms. The van der Waals surface area contributed by atoms with Gasteiger partial charge in [0.15, 0.2) is 0 Å². The number of rotatable bonds is 8. The van der Waals surface area contributed by atoms with Gasteiger partial charge < -0.3 is 0 Å². The van der Waals surface area contributed by atoms with Crippen LogP contribution >= 0.6 is 7.26 Å². The Morgan fingerprint density at radius 1 is 0.792 bits per heavy atom. The first-order chi connectivity index (χ1) is 11.8. The van der Waals surface area contributed by atoms with Crippen molar-refractivity contribution in [2.75, 3.05) is 6.16 Å². The van der Waals surface area contributed by atoms with Gasteiger partial charge in [0.25, 0.3) is 0 Å². The predicted octanol–water partition coefficient (Wildman–Crippen LogP) is 5.33. The molecule has 2 aromatic carbocycles. The molecule has 0 atom stereocenters. The first kappa shape index (κ1) is 18.2. The van der Waals surface area contributed by atoms with Gasteiger partial charge in [-0.15, -0.1) is 0 Å². The topological polar surface area (TPSA) is 20.2 Å². The molecule has 0 saturated heterocycles. The maximum atomic E-state index is 8.75. The molecule has 0 aromatic heterocycles. The molecule has 2 heteroatoms. The summed E-state index contributed by atoms with van der Waals surface area (Å²) in [4.78, 5) is 0. The molecule has 0 radical (unpaired) electrons. The van der Waals surface area contributed by atoms with Crippen LogP contribution in [0, 0.1) is 0 Å². The van der Waals surface area contributed by atoms with Crippen LogP contribution in [0.4, 0.5) is 0 Å². The molecule has 0 aliphatic heterocycles. The number of aliphatic hydroxyl groups is 1. The first-order valence-electron chi connectivity index (χ1n) is 8.60. The Kier molecular flexibility index (Phi) is 7.52. The minimum atomic E-state index is -1.95. The molecular weight excluding hydrogens is 311 g/mol. The molecular formula is C22H27OP. The van der Waals surface area contributed by atoms with Crippen molar-refractivity contribution in [3.63, 3.8) is 0 Å². The van der Waals surface area contributed by atoms with Gasteiger partial charge in [-0.3, -0.25) is 0 Å². The summed E-state index contributed by atoms with van der Waals surface area (Å²) < 4.78 is 0. The zero-order valence-electron chi connectivity index (χ0n) is 14.3. The number of aliphatic hydroxyl groups excluding tert-OH is 1. The number of allylic oxidation sites excluding steroid dienone is 4. The SMILES string of the molecule is CCCC[PH](/C=C/C=C\C=C/O)(c1ccccc1)c1ccccc1. The Morgan fingerprint density at radius 3 is 1.83 bits per heavy atom. The zero-order valence-corrected chi connectivity index (χ0v) is 15.3. The van der Waals surface area contributed by atoms with Crippen molar-refractivity contribution in [3.8, 4) is 0 Å². The van der Waals surface area contributed by atoms with E-state index in [0.29, 0.717) is 0 Å². The zero-order chi connectivity index (χ0) is 17.1. The van der Waals surface area contributed by atoms with Crippen LogP contribution in [-0.4, -0.2) is 11.3 Å². The van der Waals surface area contributed by atoms with Crippen LogP contribution in [0.1, 0.15) is 19.8 Å². The molecule has 0 aliphatic carbocycles. The molecule has 0 bridgehead atoms. The fourth-order valence-corrected chi connectivity index (χ4v) is 7.44. The summed E-state index contributed by atoms with van der Waals surface area (Å²) in [6.07, 6.45) is 12.3. The number of hydrogen-bond donors (Lipinski definition) is 1. The molecule has 0 unspecified atom stereocenters. The van der Waals surface area contributed by atoms with E-state index in [1.165, 1.54) is 29.6 Å². The van der Waals surface area contributed by atoms with Crippen LogP contribution in [0.15, 0.2) is 97.0 Å². The minimum absolute atomic E-state index is 1.06. The fourth-order valence-electron chi connectivity index (χ4n) is 3.06. The Labute approximate surface area is 146 Å². The second-order valence-corrected chi connectivity index (χ2v) is 9.82. The summed E-state index contributed by atoms with van der Waals surface area (Å²) in [6.45, 7) is 2.25. The van der Waals surface area contributed by atoms with Gasteiger partial charge in [-0.2, -0.15) is 0 Å². The summed E-state index contributed by atoms with van der Waals surface area (Å²) >= 11 is 0. The summed E-state index contributed by atoms with van der Waals surface area (Å²) in [5.74, 6) is 2.43. The number of hydrogen-bond acceptors (Lipinski definition) is 1. The summed E-state index contributed by atoms with van der Waals surface area (Å²) in [5, 5.41) is 11.7. The van der Waals surface area contributed by atoms with E-state index < -0.39 is 7.26 Å². The van der Waals surface area contributed by atoms with Crippen molar-refractivity contribution in [1.82, 2.24) is 0 Å². The normalized spacial score (nSPS) is 13.2. The summed E-state index contributed by atoms with van der Waals surface area (Å²) in [7, 11) is -1.95. The third kappa shape index (κ3) is 4.69. The molecule has 0 amide bonds. The van der Waals surface area contributed by atoms with Crippen LogP contribution < -0.4 is 10.6 Å². The monoisotopic (exact) mass is 338 g/mol. The quantitative estimate of drug-likeness (QED) is 0.392. The van der Waals surface area contributed by atoms with Crippen molar-refractivity contribution in [2.45, 2.75) is 19.8 Å². The van der Waals surface area contributed by atoms with E-state index >= 15 is 0 Å². The molecule has 2 aromatic rings. The van der Waals surface area contributed by atoms with Crippen molar-refractivity contribution >= 4 is 17.9 Å². The number of unbranched alkanes of at least 4 members (excludes halogenated alkanes) is 1. The van der Waals surface area contributed by atoms with Gasteiger partial charge in [-0.1, -0.05) is 0 Å². The van der Waals surface area contributed by atoms with Gasteiger partial charge in [0.2, 0.25) is 0 Å². The van der Waals surface area contributed by atoms with E-state index in [2.05, 4.69) is 79.5 Å². The van der Waals surface area contributed by atoms with Crippen LogP contribution in [0.3, 0.4) is 0 Å². The average Bonchev–Trinajstić information content (AvgIpc) is 2.66. The van der Waals surface area contributed by atoms with E-state index in [0.717, 1.165) is 6.26 Å². The number of benzene rings is 2. The van der Waals surface area contributed by atoms with Gasteiger partial charge in [0, 0.05) is 0 Å². The molecule has 1 N–H and O–H groups in total. The molecule has 0 saturated carbocycles. The van der Waals surface area contributed by atoms with E-state index in [1.807, 2.05) is 12.2 Å². The first-order valence-corrected chi connectivity index (χ1v) is 10.9. The van der Waals surface area contributed by atoms with Gasteiger partial charge in [-0.05, 0) is 0 Å². The van der Waals surface area contributed by atoms with Gasteiger partial charge in [-0.25, -0.2) is 0 Å². The molecule has 126 valence electrons. The van der Waals surface area contributed by atoms with E-state index in [-0.39, 0.29) is 0 Å². The van der Waals surface area contributed by atoms with Crippen molar-refractivity contribution in [2.24, 2.45) is 0 Å². The molecule has 0 fully saturated rings. The van der Waals surface area contributed by atoms with Crippen LogP contribution in [0.5, 0.6) is 0 Å². The Hall–Kier alpha value is -2.11. The van der Waals surface area contributed by atoms with Gasteiger partial charge in [0.1, 0.15) is 0 Å². The summed E-state index contributed by atoms with van der Waals surface area (Å²) in [6, 6.07) is 21.8. The molecule has 0 heterocycles. The van der Waals surface area contributed by atoms with E-state index in [4.69, 9.17) is 5.11 Å². The second kappa shape index (κ2) is 9.90. The molecule has 1 nitrogen and oxygen atoms in total. The molecule has 0 aliphatic rings. The molecule has 2 rings (SSSR count). The van der Waals surface area contributed by atoms with Crippen molar-refractivity contribution < 1.29 is 5.11 Å². The second-order valence-electron chi connectivity index (χ2n) is 5.89. The standard InChI is InChI=1S/C22H27OP/c1-2-3-19-24(20-13-5-4-12-18-23,21-14-8-6-9-15-21)22-16-10-7-11-17-22/h4-18,20,23-24H,2-3,19H2,1H3/b5-4-,18-12-,20-13+. The van der Waals surface area contributed by atoms with E-state index in [1.54, 1.807) is 6.08 Å². The predicted molar refractivity (Wildman–Crippen MR) is 110 cm³/mol. The maximum absolute atomic E-state index is 8.75. The van der Waals surface area contributed by atoms with E-state index in [9.17, 15) is 0 Å². The van der Waals surface area contributed by atoms with Crippen molar-refractivity contribution in [3.05, 3.63) is 97.0 Å². The van der Waals surface area contributed by atoms with Crippen LogP contribution in [0.2, 0.25) is 0 Å². The summed E-state index contributed by atoms with van der Waals surface area (Å²) in [5.41, 5.74) is 0. The van der Waals surface area contributed by atoms with Crippen molar-refractivity contribution in [1.29, 1.82) is 0 Å². The Balaban J connectivity index is 2.51. The van der Waals surface area contributed by atoms with Gasteiger partial charge >= 0.3 is 146 Å². The Bertz CT molecular complexity index is 632. The third-order valence-electron chi connectivity index (χ3n) is 4.30. The van der Waals surface area contributed by atoms with Gasteiger partial charge in [0.05, 0.1) is 0 Å². The fraction of sp³-hybridized carbons (Fsp3) is 0.182. The van der Waals surface area contributed by atoms with Crippen LogP contribution in [0.25, 0.3) is 0 Å². The van der Waals surface area contributed by atoms with Crippen LogP contribution in [-0.2, 0) is 0 Å². The molecule has 0 spiro atoms. The third-order valence-corrected chi connectivity index (χ3v) is 8.93.